The van der Waals surface area contributed by atoms with Crippen LogP contribution >= 0.6 is 15.9 Å². The van der Waals surface area contributed by atoms with E-state index in [9.17, 15) is 4.39 Å². The molecule has 1 rings (SSSR count). The van der Waals surface area contributed by atoms with Crippen LogP contribution in [0.5, 0.6) is 0 Å². The minimum atomic E-state index is -0.459. The molecule has 0 saturated heterocycles. The molecule has 0 N–H and O–H groups in total. The number of rotatable bonds is 0. The molecule has 0 amide bonds. The van der Waals surface area contributed by atoms with Crippen LogP contribution in [-0.4, -0.2) is 4.98 Å². The minimum Gasteiger partial charge on any atom is -0.228 e. The second kappa shape index (κ2) is 3.56. The predicted octanol–water partition coefficient (Wildman–Crippen LogP) is 2.62. The zero-order valence-electron chi connectivity index (χ0n) is 3.94. The van der Waals surface area contributed by atoms with Gasteiger partial charge in [0.2, 0.25) is 5.95 Å². The molecule has 0 aliphatic rings. The normalized spacial score (nSPS) is 8.22. The lowest BCUT2D eigenvalue weighted by Crippen LogP contribution is -1.76. The molecule has 0 aliphatic carbocycles. The molecule has 0 aromatic carbocycles. The van der Waals surface area contributed by atoms with Gasteiger partial charge in [-0.25, -0.2) is 4.98 Å². The molecule has 0 unspecified atom stereocenters. The first-order chi connectivity index (χ1) is 3.79. The summed E-state index contributed by atoms with van der Waals surface area (Å²) in [6.07, 6.45) is 1.40. The Labute approximate surface area is 62.1 Å². The summed E-state index contributed by atoms with van der Waals surface area (Å²) in [5.41, 5.74) is 0. The van der Waals surface area contributed by atoms with Gasteiger partial charge in [0.05, 0.1) is 0 Å². The molecule has 0 fully saturated rings. The van der Waals surface area contributed by atoms with E-state index in [0.717, 1.165) is 0 Å². The first kappa shape index (κ1) is 8.56. The molecule has 1 heterocycles. The maximum Gasteiger partial charge on any atom is 0.213 e. The first-order valence-corrected chi connectivity index (χ1v) is 2.85. The number of nitrogens with zero attached hydrogens (tertiary/aromatic N) is 1. The van der Waals surface area contributed by atoms with Crippen molar-refractivity contribution in [2.45, 2.75) is 7.43 Å². The second-order valence-electron chi connectivity index (χ2n) is 1.30. The second-order valence-corrected chi connectivity index (χ2v) is 2.21. The summed E-state index contributed by atoms with van der Waals surface area (Å²) in [5.74, 6) is -0.459. The van der Waals surface area contributed by atoms with Crippen molar-refractivity contribution >= 4 is 15.9 Å². The van der Waals surface area contributed by atoms with Crippen molar-refractivity contribution in [3.8, 4) is 0 Å². The molecule has 0 radical (unpaired) electrons. The number of halogens is 2. The van der Waals surface area contributed by atoms with Gasteiger partial charge in [0.1, 0.15) is 0 Å². The van der Waals surface area contributed by atoms with Gasteiger partial charge in [0.15, 0.2) is 0 Å². The Morgan fingerprint density at radius 3 is 2.56 bits per heavy atom. The van der Waals surface area contributed by atoms with Crippen LogP contribution in [0.3, 0.4) is 0 Å². The monoisotopic (exact) mass is 191 g/mol. The van der Waals surface area contributed by atoms with Crippen LogP contribution in [0.25, 0.3) is 0 Å². The molecule has 50 valence electrons. The molecule has 0 aliphatic heterocycles. The van der Waals surface area contributed by atoms with E-state index in [-0.39, 0.29) is 7.43 Å². The van der Waals surface area contributed by atoms with Crippen molar-refractivity contribution in [2.24, 2.45) is 0 Å². The first-order valence-electron chi connectivity index (χ1n) is 2.06. The minimum absolute atomic E-state index is 0. The quantitative estimate of drug-likeness (QED) is 0.575. The third kappa shape index (κ3) is 2.56. The summed E-state index contributed by atoms with van der Waals surface area (Å²) in [5, 5.41) is 0. The van der Waals surface area contributed by atoms with Crippen molar-refractivity contribution in [2.75, 3.05) is 0 Å². The smallest absolute Gasteiger partial charge is 0.213 e. The van der Waals surface area contributed by atoms with Gasteiger partial charge >= 0.3 is 0 Å². The Kier molecular flexibility index (Phi) is 3.39. The molecule has 3 heteroatoms. The highest BCUT2D eigenvalue weighted by Gasteiger charge is 1.87. The summed E-state index contributed by atoms with van der Waals surface area (Å²) in [6, 6.07) is 2.98. The number of hydrogen-bond donors (Lipinski definition) is 0. The van der Waals surface area contributed by atoms with E-state index in [1.165, 1.54) is 12.3 Å². The fraction of sp³-hybridized carbons (Fsp3) is 0.167. The topological polar surface area (TPSA) is 12.9 Å². The summed E-state index contributed by atoms with van der Waals surface area (Å²) < 4.78 is 12.7. The lowest BCUT2D eigenvalue weighted by Gasteiger charge is -1.85. The van der Waals surface area contributed by atoms with E-state index in [4.69, 9.17) is 0 Å². The van der Waals surface area contributed by atoms with E-state index >= 15 is 0 Å². The largest absolute Gasteiger partial charge is 0.228 e. The molecule has 0 bridgehead atoms. The van der Waals surface area contributed by atoms with Crippen molar-refractivity contribution in [3.05, 3.63) is 28.7 Å². The Morgan fingerprint density at radius 1 is 1.56 bits per heavy atom. The molecule has 0 atom stereocenters. The number of hydrogen-bond acceptors (Lipinski definition) is 1. The van der Waals surface area contributed by atoms with Gasteiger partial charge in [-0.2, -0.15) is 4.39 Å². The Morgan fingerprint density at radius 2 is 2.22 bits per heavy atom. The van der Waals surface area contributed by atoms with Gasteiger partial charge in [0.25, 0.3) is 0 Å². The van der Waals surface area contributed by atoms with Crippen LogP contribution in [0.15, 0.2) is 22.8 Å². The van der Waals surface area contributed by atoms with Crippen molar-refractivity contribution in [1.29, 1.82) is 0 Å². The van der Waals surface area contributed by atoms with Crippen LogP contribution in [0.4, 0.5) is 4.39 Å². The fourth-order valence-electron chi connectivity index (χ4n) is 0.379. The standard InChI is InChI=1S/C5H3BrFN.CH4/c6-4-1-2-8-5(7)3-4;/h1-3H;1H4. The Balaban J connectivity index is 0.000000640. The van der Waals surface area contributed by atoms with Gasteiger partial charge < -0.3 is 0 Å². The number of aromatic nitrogens is 1. The van der Waals surface area contributed by atoms with Crippen LogP contribution in [0.1, 0.15) is 7.43 Å². The molecule has 1 aromatic rings. The predicted molar refractivity (Wildman–Crippen MR) is 38.6 cm³/mol. The van der Waals surface area contributed by atoms with Gasteiger partial charge in [0, 0.05) is 16.7 Å². The fourth-order valence-corrected chi connectivity index (χ4v) is 0.686. The summed E-state index contributed by atoms with van der Waals surface area (Å²) in [4.78, 5) is 3.34. The van der Waals surface area contributed by atoms with E-state index in [1.54, 1.807) is 6.07 Å². The van der Waals surface area contributed by atoms with E-state index in [0.29, 0.717) is 4.47 Å². The van der Waals surface area contributed by atoms with Crippen LogP contribution in [-0.2, 0) is 0 Å². The van der Waals surface area contributed by atoms with E-state index in [1.807, 2.05) is 0 Å². The molecule has 1 aromatic heterocycles. The van der Waals surface area contributed by atoms with Gasteiger partial charge in [-0.15, -0.1) is 0 Å². The maximum absolute atomic E-state index is 12.0. The SMILES string of the molecule is C.Fc1cc(Br)ccn1. The highest BCUT2D eigenvalue weighted by molar-refractivity contribution is 9.10. The Bertz CT molecular complexity index is 173. The van der Waals surface area contributed by atoms with Gasteiger partial charge in [-0.3, -0.25) is 0 Å². The molecular weight excluding hydrogens is 185 g/mol. The summed E-state index contributed by atoms with van der Waals surface area (Å²) >= 11 is 3.08. The van der Waals surface area contributed by atoms with E-state index < -0.39 is 5.95 Å². The lowest BCUT2D eigenvalue weighted by atomic mass is 10.5. The average molecular weight is 192 g/mol. The number of pyridine rings is 1. The van der Waals surface area contributed by atoms with Crippen LogP contribution in [0, 0.1) is 5.95 Å². The third-order valence-corrected chi connectivity index (χ3v) is 1.18. The highest BCUT2D eigenvalue weighted by atomic mass is 79.9. The molecule has 1 nitrogen and oxygen atoms in total. The highest BCUT2D eigenvalue weighted by Crippen LogP contribution is 2.06. The molecule has 0 spiro atoms. The molecular formula is C6H7BrFN. The van der Waals surface area contributed by atoms with Gasteiger partial charge in [-0.1, -0.05) is 23.4 Å². The molecule has 0 saturated carbocycles. The summed E-state index contributed by atoms with van der Waals surface area (Å²) in [6.45, 7) is 0. The van der Waals surface area contributed by atoms with Crippen molar-refractivity contribution in [1.82, 2.24) is 4.98 Å². The zero-order valence-corrected chi connectivity index (χ0v) is 5.52. The van der Waals surface area contributed by atoms with Crippen LogP contribution < -0.4 is 0 Å². The van der Waals surface area contributed by atoms with Crippen molar-refractivity contribution < 1.29 is 4.39 Å². The average Bonchev–Trinajstić information content (AvgIpc) is 1.64. The Hall–Kier alpha value is -0.440. The van der Waals surface area contributed by atoms with Gasteiger partial charge in [-0.05, 0) is 6.07 Å². The van der Waals surface area contributed by atoms with Crippen molar-refractivity contribution in [3.63, 3.8) is 0 Å². The molecule has 9 heavy (non-hydrogen) atoms. The zero-order chi connectivity index (χ0) is 5.98. The third-order valence-electron chi connectivity index (χ3n) is 0.689. The maximum atomic E-state index is 12.0. The summed E-state index contributed by atoms with van der Waals surface area (Å²) in [7, 11) is 0. The van der Waals surface area contributed by atoms with Crippen LogP contribution in [0.2, 0.25) is 0 Å². The lowest BCUT2D eigenvalue weighted by molar-refractivity contribution is 0.583. The van der Waals surface area contributed by atoms with E-state index in [2.05, 4.69) is 20.9 Å².